The van der Waals surface area contributed by atoms with Crippen LogP contribution in [0, 0.1) is 25.2 Å². The Morgan fingerprint density at radius 1 is 1.36 bits per heavy atom. The van der Waals surface area contributed by atoms with Crippen molar-refractivity contribution in [3.8, 4) is 6.07 Å². The number of thioether (sulfide) groups is 1. The van der Waals surface area contributed by atoms with Crippen LogP contribution in [0.25, 0.3) is 0 Å². The Kier molecular flexibility index (Phi) is 7.48. The summed E-state index contributed by atoms with van der Waals surface area (Å²) < 4.78 is 1.08. The molecule has 0 unspecified atom stereocenters. The number of nitrogens with zero attached hydrogens (tertiary/aromatic N) is 3. The predicted octanol–water partition coefficient (Wildman–Crippen LogP) is 4.50. The van der Waals surface area contributed by atoms with Crippen molar-refractivity contribution in [2.45, 2.75) is 31.7 Å². The lowest BCUT2D eigenvalue weighted by atomic mass is 10.2. The first kappa shape index (κ1) is 19.5. The Morgan fingerprint density at radius 3 is 2.84 bits per heavy atom. The Hall–Kier alpha value is -1.84. The maximum Gasteiger partial charge on any atom is 0.233 e. The molecule has 0 bridgehead atoms. The van der Waals surface area contributed by atoms with E-state index in [0.717, 1.165) is 26.1 Å². The monoisotopic (exact) mass is 417 g/mol. The van der Waals surface area contributed by atoms with E-state index in [-0.39, 0.29) is 5.91 Å². The van der Waals surface area contributed by atoms with E-state index in [9.17, 15) is 4.79 Å². The number of halogens is 1. The lowest BCUT2D eigenvalue weighted by Gasteiger charge is -2.21. The van der Waals surface area contributed by atoms with Gasteiger partial charge < -0.3 is 4.90 Å². The lowest BCUT2D eigenvalue weighted by Crippen LogP contribution is -2.32. The second kappa shape index (κ2) is 9.59. The third kappa shape index (κ3) is 5.87. The van der Waals surface area contributed by atoms with E-state index in [2.05, 4.69) is 39.1 Å². The Labute approximate surface area is 161 Å². The van der Waals surface area contributed by atoms with Crippen molar-refractivity contribution >= 4 is 33.6 Å². The smallest absolute Gasteiger partial charge is 0.233 e. The first-order valence-corrected chi connectivity index (χ1v) is 9.72. The summed E-state index contributed by atoms with van der Waals surface area (Å²) >= 11 is 5.07. The van der Waals surface area contributed by atoms with Gasteiger partial charge >= 0.3 is 0 Å². The van der Waals surface area contributed by atoms with E-state index in [4.69, 9.17) is 5.26 Å². The number of nitriles is 1. The molecule has 130 valence electrons. The fourth-order valence-electron chi connectivity index (χ4n) is 2.33. The number of hydrogen-bond acceptors (Lipinski definition) is 4. The minimum absolute atomic E-state index is 0.0316. The summed E-state index contributed by atoms with van der Waals surface area (Å²) in [4.78, 5) is 19.6. The molecule has 0 aliphatic rings. The minimum Gasteiger partial charge on any atom is -0.337 e. The third-order valence-electron chi connectivity index (χ3n) is 3.75. The van der Waals surface area contributed by atoms with Crippen LogP contribution in [-0.2, 0) is 11.3 Å². The highest BCUT2D eigenvalue weighted by atomic mass is 79.9. The lowest BCUT2D eigenvalue weighted by molar-refractivity contribution is -0.128. The number of benzene rings is 1. The van der Waals surface area contributed by atoms with Gasteiger partial charge in [-0.2, -0.15) is 5.26 Å². The third-order valence-corrected chi connectivity index (χ3v) is 5.75. The van der Waals surface area contributed by atoms with Crippen LogP contribution in [-0.4, -0.2) is 28.1 Å². The molecule has 2 rings (SSSR count). The normalized spacial score (nSPS) is 10.3. The van der Waals surface area contributed by atoms with Gasteiger partial charge in [-0.1, -0.05) is 22.0 Å². The molecule has 0 fully saturated rings. The highest BCUT2D eigenvalue weighted by molar-refractivity contribution is 9.10. The van der Waals surface area contributed by atoms with Gasteiger partial charge in [-0.3, -0.25) is 9.78 Å². The molecule has 1 amide bonds. The molecule has 0 saturated carbocycles. The molecule has 4 nitrogen and oxygen atoms in total. The van der Waals surface area contributed by atoms with Crippen molar-refractivity contribution in [2.75, 3.05) is 12.3 Å². The molecule has 0 aliphatic carbocycles. The summed E-state index contributed by atoms with van der Waals surface area (Å²) in [5.41, 5.74) is 3.26. The van der Waals surface area contributed by atoms with Crippen LogP contribution < -0.4 is 0 Å². The van der Waals surface area contributed by atoms with Gasteiger partial charge in [-0.05, 0) is 48.7 Å². The second-order valence-corrected chi connectivity index (χ2v) is 7.61. The van der Waals surface area contributed by atoms with Gasteiger partial charge in [0.1, 0.15) is 0 Å². The zero-order valence-electron chi connectivity index (χ0n) is 14.3. The maximum absolute atomic E-state index is 12.7. The van der Waals surface area contributed by atoms with Gasteiger partial charge in [0.05, 0.1) is 18.2 Å². The van der Waals surface area contributed by atoms with Crippen LogP contribution >= 0.6 is 27.7 Å². The number of hydrogen-bond donors (Lipinski definition) is 0. The zero-order chi connectivity index (χ0) is 18.2. The summed E-state index contributed by atoms with van der Waals surface area (Å²) in [7, 11) is 0. The average molecular weight is 418 g/mol. The number of amides is 1. The minimum atomic E-state index is 0.0316. The van der Waals surface area contributed by atoms with Gasteiger partial charge in [-0.15, -0.1) is 11.8 Å². The molecule has 0 atom stereocenters. The van der Waals surface area contributed by atoms with Crippen LogP contribution in [0.3, 0.4) is 0 Å². The van der Waals surface area contributed by atoms with E-state index in [0.29, 0.717) is 25.3 Å². The first-order valence-electron chi connectivity index (χ1n) is 7.94. The molecule has 1 aromatic carbocycles. The standard InChI is InChI=1S/C19H20BrN3OS/c1-14-10-18(15(2)9-17(14)20)25-13-19(24)23(8-4-6-21)12-16-5-3-7-22-11-16/h3,5,7,9-11H,4,8,12-13H2,1-2H3. The van der Waals surface area contributed by atoms with Crippen molar-refractivity contribution in [3.05, 3.63) is 57.8 Å². The van der Waals surface area contributed by atoms with Crippen molar-refractivity contribution in [2.24, 2.45) is 0 Å². The summed E-state index contributed by atoms with van der Waals surface area (Å²) in [6, 6.07) is 10.1. The number of pyridine rings is 1. The van der Waals surface area contributed by atoms with Gasteiger partial charge in [0, 0.05) is 34.9 Å². The highest BCUT2D eigenvalue weighted by Gasteiger charge is 2.15. The Balaban J connectivity index is 2.04. The first-order chi connectivity index (χ1) is 12.0. The summed E-state index contributed by atoms with van der Waals surface area (Å²) in [5, 5.41) is 8.85. The molecule has 2 aromatic rings. The van der Waals surface area contributed by atoms with E-state index >= 15 is 0 Å². The fraction of sp³-hybridized carbons (Fsp3) is 0.316. The van der Waals surface area contributed by atoms with E-state index < -0.39 is 0 Å². The van der Waals surface area contributed by atoms with Crippen LogP contribution in [0.15, 0.2) is 46.0 Å². The molecule has 1 aromatic heterocycles. The number of aromatic nitrogens is 1. The molecule has 25 heavy (non-hydrogen) atoms. The van der Waals surface area contributed by atoms with Gasteiger partial charge in [0.2, 0.25) is 5.91 Å². The molecule has 0 saturated heterocycles. The molecule has 0 aliphatic heterocycles. The van der Waals surface area contributed by atoms with Gasteiger partial charge in [-0.25, -0.2) is 0 Å². The molecule has 0 radical (unpaired) electrons. The predicted molar refractivity (Wildman–Crippen MR) is 104 cm³/mol. The number of carbonyl (C=O) groups excluding carboxylic acids is 1. The Morgan fingerprint density at radius 2 is 2.16 bits per heavy atom. The molecule has 0 spiro atoms. The van der Waals surface area contributed by atoms with Crippen molar-refractivity contribution in [3.63, 3.8) is 0 Å². The van der Waals surface area contributed by atoms with E-state index in [1.165, 1.54) is 11.8 Å². The van der Waals surface area contributed by atoms with Crippen LogP contribution in [0.4, 0.5) is 0 Å². The number of aryl methyl sites for hydroxylation is 2. The highest BCUT2D eigenvalue weighted by Crippen LogP contribution is 2.28. The molecule has 6 heteroatoms. The molecular formula is C19H20BrN3OS. The summed E-state index contributed by atoms with van der Waals surface area (Å²) in [6.45, 7) is 4.99. The Bertz CT molecular complexity index is 774. The quantitative estimate of drug-likeness (QED) is 0.622. The van der Waals surface area contributed by atoms with Gasteiger partial charge in [0.25, 0.3) is 0 Å². The van der Waals surface area contributed by atoms with Gasteiger partial charge in [0.15, 0.2) is 0 Å². The van der Waals surface area contributed by atoms with E-state index in [1.807, 2.05) is 26.0 Å². The molecular weight excluding hydrogens is 398 g/mol. The van der Waals surface area contributed by atoms with Crippen LogP contribution in [0.2, 0.25) is 0 Å². The van der Waals surface area contributed by atoms with E-state index in [1.54, 1.807) is 17.3 Å². The van der Waals surface area contributed by atoms with Crippen LogP contribution in [0.5, 0.6) is 0 Å². The fourth-order valence-corrected chi connectivity index (χ4v) is 3.80. The summed E-state index contributed by atoms with van der Waals surface area (Å²) in [6.07, 6.45) is 3.79. The molecule has 1 heterocycles. The second-order valence-electron chi connectivity index (χ2n) is 5.74. The van der Waals surface area contributed by atoms with Crippen molar-refractivity contribution in [1.82, 2.24) is 9.88 Å². The number of rotatable bonds is 7. The average Bonchev–Trinajstić information content (AvgIpc) is 2.61. The van der Waals surface area contributed by atoms with Crippen molar-refractivity contribution in [1.29, 1.82) is 5.26 Å². The number of carbonyl (C=O) groups is 1. The largest absolute Gasteiger partial charge is 0.337 e. The summed E-state index contributed by atoms with van der Waals surface area (Å²) in [5.74, 6) is 0.386. The van der Waals surface area contributed by atoms with Crippen LogP contribution in [0.1, 0.15) is 23.1 Å². The maximum atomic E-state index is 12.7. The zero-order valence-corrected chi connectivity index (χ0v) is 16.7. The SMILES string of the molecule is Cc1cc(SCC(=O)N(CCC#N)Cc2cccnc2)c(C)cc1Br. The van der Waals surface area contributed by atoms with Crippen molar-refractivity contribution < 1.29 is 4.79 Å². The topological polar surface area (TPSA) is 57.0 Å². The molecule has 0 N–H and O–H groups in total.